The number of halogens is 2. The molecule has 12 heteroatoms. The van der Waals surface area contributed by atoms with Crippen molar-refractivity contribution in [3.05, 3.63) is 64.8 Å². The zero-order valence-electron chi connectivity index (χ0n) is 18.3. The fourth-order valence-corrected chi connectivity index (χ4v) is 6.18. The van der Waals surface area contributed by atoms with E-state index in [0.29, 0.717) is 17.0 Å². The molecule has 1 atom stereocenters. The number of benzene rings is 1. The van der Waals surface area contributed by atoms with Gasteiger partial charge in [0.05, 0.1) is 11.2 Å². The summed E-state index contributed by atoms with van der Waals surface area (Å²) < 4.78 is 29.5. The van der Waals surface area contributed by atoms with Crippen LogP contribution in [0.2, 0.25) is 0 Å². The number of rotatable bonds is 7. The zero-order chi connectivity index (χ0) is 24.6. The Morgan fingerprint density at radius 2 is 1.94 bits per heavy atom. The van der Waals surface area contributed by atoms with Crippen molar-refractivity contribution in [2.45, 2.75) is 11.7 Å². The molecule has 0 amide bonds. The monoisotopic (exact) mass is 521 g/mol. The van der Waals surface area contributed by atoms with Crippen LogP contribution in [0.15, 0.2) is 64.8 Å². The van der Waals surface area contributed by atoms with Gasteiger partial charge >= 0.3 is 5.97 Å². The number of nitrogens with zero attached hydrogens (tertiary/aromatic N) is 5. The van der Waals surface area contributed by atoms with E-state index in [9.17, 15) is 18.3 Å². The fraction of sp³-hybridized carbons (Fsp3) is 0.227. The Bertz CT molecular complexity index is 1410. The number of sulfonamides is 1. The summed E-state index contributed by atoms with van der Waals surface area (Å²) in [7, 11) is -0.393. The minimum atomic E-state index is -4.13. The second kappa shape index (κ2) is 9.28. The van der Waals surface area contributed by atoms with Gasteiger partial charge in [-0.05, 0) is 48.6 Å². The van der Waals surface area contributed by atoms with Crippen molar-refractivity contribution in [3.63, 3.8) is 0 Å². The van der Waals surface area contributed by atoms with Crippen LogP contribution in [-0.4, -0.2) is 60.1 Å². The highest BCUT2D eigenvalue weighted by Crippen LogP contribution is 2.32. The van der Waals surface area contributed by atoms with E-state index in [4.69, 9.17) is 23.2 Å². The van der Waals surface area contributed by atoms with Gasteiger partial charge in [-0.1, -0.05) is 23.2 Å². The van der Waals surface area contributed by atoms with E-state index in [-0.39, 0.29) is 22.2 Å². The number of allylic oxidation sites excluding steroid dienone is 3. The van der Waals surface area contributed by atoms with Crippen molar-refractivity contribution in [3.8, 4) is 5.82 Å². The van der Waals surface area contributed by atoms with Crippen molar-refractivity contribution in [2.75, 3.05) is 29.8 Å². The molecule has 1 aromatic carbocycles. The molecule has 178 valence electrons. The average Bonchev–Trinajstić information content (AvgIpc) is 3.20. The lowest BCUT2D eigenvalue weighted by molar-refractivity contribution is -0.135. The van der Waals surface area contributed by atoms with Gasteiger partial charge in [0.2, 0.25) is 10.0 Å². The Morgan fingerprint density at radius 1 is 1.18 bits per heavy atom. The molecular weight excluding hydrogens is 501 g/mol. The van der Waals surface area contributed by atoms with Gasteiger partial charge in [0.15, 0.2) is 11.6 Å². The quantitative estimate of drug-likeness (QED) is 0.504. The highest BCUT2D eigenvalue weighted by molar-refractivity contribution is 7.93. The Balaban J connectivity index is 1.73. The lowest BCUT2D eigenvalue weighted by Gasteiger charge is -2.28. The summed E-state index contributed by atoms with van der Waals surface area (Å²) in [5.41, 5.74) is 0.979. The molecule has 4 rings (SSSR count). The summed E-state index contributed by atoms with van der Waals surface area (Å²) in [4.78, 5) is 13.4. The summed E-state index contributed by atoms with van der Waals surface area (Å²) in [5.74, 6) is 0.0145. The number of hydrogen-bond donors (Lipinski definition) is 1. The highest BCUT2D eigenvalue weighted by atomic mass is 35.5. The van der Waals surface area contributed by atoms with Crippen molar-refractivity contribution in [2.24, 2.45) is 0 Å². The molecule has 1 aliphatic carbocycles. The molecule has 1 N–H and O–H groups in total. The Morgan fingerprint density at radius 3 is 2.56 bits per heavy atom. The van der Waals surface area contributed by atoms with E-state index in [1.165, 1.54) is 12.2 Å². The van der Waals surface area contributed by atoms with E-state index in [0.717, 1.165) is 9.82 Å². The first kappa shape index (κ1) is 24.1. The molecule has 2 heterocycles. The van der Waals surface area contributed by atoms with Gasteiger partial charge in [0, 0.05) is 42.2 Å². The number of hydrogen-bond acceptors (Lipinski definition) is 6. The van der Waals surface area contributed by atoms with E-state index in [1.54, 1.807) is 30.5 Å². The third-order valence-electron chi connectivity index (χ3n) is 5.31. The molecule has 1 aliphatic rings. The zero-order valence-corrected chi connectivity index (χ0v) is 20.6. The van der Waals surface area contributed by atoms with Crippen LogP contribution in [0.4, 0.5) is 11.5 Å². The minimum absolute atomic E-state index is 0.0104. The predicted octanol–water partition coefficient (Wildman–Crippen LogP) is 3.73. The first-order valence-electron chi connectivity index (χ1n) is 10.2. The Kier molecular flexibility index (Phi) is 6.57. The summed E-state index contributed by atoms with van der Waals surface area (Å²) in [5, 5.41) is 18.0. The molecule has 0 fully saturated rings. The number of fused-ring (bicyclic) bond motifs is 1. The molecule has 34 heavy (non-hydrogen) atoms. The van der Waals surface area contributed by atoms with Gasteiger partial charge in [0.25, 0.3) is 0 Å². The summed E-state index contributed by atoms with van der Waals surface area (Å²) >= 11 is 12.1. The summed E-state index contributed by atoms with van der Waals surface area (Å²) in [6.07, 6.45) is 4.64. The van der Waals surface area contributed by atoms with Crippen LogP contribution in [0, 0.1) is 0 Å². The molecular formula is C22H21Cl2N5O4S. The van der Waals surface area contributed by atoms with Gasteiger partial charge < -0.3 is 10.0 Å². The van der Waals surface area contributed by atoms with E-state index in [2.05, 4.69) is 10.2 Å². The molecule has 9 nitrogen and oxygen atoms in total. The van der Waals surface area contributed by atoms with Gasteiger partial charge in [0.1, 0.15) is 11.8 Å². The maximum absolute atomic E-state index is 13.4. The van der Waals surface area contributed by atoms with Crippen LogP contribution in [0.3, 0.4) is 0 Å². The summed E-state index contributed by atoms with van der Waals surface area (Å²) in [6.45, 7) is -0.741. The molecule has 0 bridgehead atoms. The Labute approximate surface area is 206 Å². The lowest BCUT2D eigenvalue weighted by atomic mass is 10.2. The SMILES string of the molecule is CN(C)c1ccc(-n2ccc3cc(N(CC(=O)O)S(=O)(=O)C4C=C(Cl)C=C(Cl)C4)ccc32)nn1. The van der Waals surface area contributed by atoms with E-state index in [1.807, 2.05) is 35.7 Å². The smallest absolute Gasteiger partial charge is 0.324 e. The molecule has 0 saturated heterocycles. The van der Waals surface area contributed by atoms with Gasteiger partial charge in [-0.25, -0.2) is 8.42 Å². The number of carbonyl (C=O) groups is 1. The van der Waals surface area contributed by atoms with Crippen LogP contribution >= 0.6 is 23.2 Å². The topological polar surface area (TPSA) is 109 Å². The number of aliphatic carboxylic acids is 1. The number of carboxylic acids is 1. The van der Waals surface area contributed by atoms with Crippen LogP contribution in [0.5, 0.6) is 0 Å². The third-order valence-corrected chi connectivity index (χ3v) is 7.83. The largest absolute Gasteiger partial charge is 0.480 e. The molecule has 1 unspecified atom stereocenters. The fourth-order valence-electron chi connectivity index (χ4n) is 3.66. The first-order chi connectivity index (χ1) is 16.1. The maximum Gasteiger partial charge on any atom is 0.324 e. The van der Waals surface area contributed by atoms with Gasteiger partial charge in [-0.2, -0.15) is 0 Å². The molecule has 2 aromatic heterocycles. The van der Waals surface area contributed by atoms with Crippen LogP contribution in [0.1, 0.15) is 6.42 Å². The van der Waals surface area contributed by atoms with Gasteiger partial charge in [-0.3, -0.25) is 13.7 Å². The first-order valence-corrected chi connectivity index (χ1v) is 12.4. The van der Waals surface area contributed by atoms with Crippen molar-refractivity contribution in [1.82, 2.24) is 14.8 Å². The number of aromatic nitrogens is 3. The summed E-state index contributed by atoms with van der Waals surface area (Å²) in [6, 6.07) is 10.4. The normalized spacial score (nSPS) is 16.2. The molecule has 0 aliphatic heterocycles. The molecule has 0 radical (unpaired) electrons. The second-order valence-electron chi connectivity index (χ2n) is 7.90. The van der Waals surface area contributed by atoms with Crippen molar-refractivity contribution >= 4 is 61.6 Å². The van der Waals surface area contributed by atoms with Gasteiger partial charge in [-0.15, -0.1) is 10.2 Å². The number of anilines is 2. The minimum Gasteiger partial charge on any atom is -0.480 e. The second-order valence-corrected chi connectivity index (χ2v) is 10.9. The van der Waals surface area contributed by atoms with Crippen LogP contribution in [0.25, 0.3) is 16.7 Å². The van der Waals surface area contributed by atoms with E-state index >= 15 is 0 Å². The highest BCUT2D eigenvalue weighted by Gasteiger charge is 2.34. The molecule has 0 spiro atoms. The standard InChI is InChI=1S/C22H21Cl2N5O4S/c1-27(2)20-5-6-21(26-25-20)28-8-7-14-9-17(3-4-19(14)28)29(13-22(30)31)34(32,33)18-11-15(23)10-16(24)12-18/h3-11,18H,12-13H2,1-2H3,(H,30,31). The van der Waals surface area contributed by atoms with E-state index < -0.39 is 27.8 Å². The maximum atomic E-state index is 13.4. The predicted molar refractivity (Wildman–Crippen MR) is 133 cm³/mol. The average molecular weight is 522 g/mol. The lowest BCUT2D eigenvalue weighted by Crippen LogP contribution is -2.41. The number of carboxylic acid groups (broad SMARTS) is 1. The van der Waals surface area contributed by atoms with Crippen molar-refractivity contribution < 1.29 is 18.3 Å². The molecule has 3 aromatic rings. The third kappa shape index (κ3) is 4.75. The van der Waals surface area contributed by atoms with Crippen molar-refractivity contribution in [1.29, 1.82) is 0 Å². The van der Waals surface area contributed by atoms with Crippen LogP contribution in [-0.2, 0) is 14.8 Å². The Hall–Kier alpha value is -3.08. The van der Waals surface area contributed by atoms with Crippen LogP contribution < -0.4 is 9.21 Å². The molecule has 0 saturated carbocycles.